The Morgan fingerprint density at radius 3 is 2.05 bits per heavy atom. The zero-order valence-corrected chi connectivity index (χ0v) is 13.2. The van der Waals surface area contributed by atoms with Gasteiger partial charge in [-0.05, 0) is 50.2 Å². The number of ether oxygens (including phenoxy) is 1. The summed E-state index contributed by atoms with van der Waals surface area (Å²) in [5.41, 5.74) is 0.593. The molecule has 2 rings (SSSR count). The molecule has 0 fully saturated rings. The first-order valence-electron chi connectivity index (χ1n) is 6.72. The van der Waals surface area contributed by atoms with E-state index >= 15 is 0 Å². The van der Waals surface area contributed by atoms with Crippen LogP contribution in [0.2, 0.25) is 0 Å². The summed E-state index contributed by atoms with van der Waals surface area (Å²) in [5, 5.41) is 0. The van der Waals surface area contributed by atoms with Gasteiger partial charge in [0.2, 0.25) is 0 Å². The fraction of sp³-hybridized carbons (Fsp3) is 0.250. The van der Waals surface area contributed by atoms with Gasteiger partial charge in [0, 0.05) is 7.05 Å². The Hall–Kier alpha value is -2.01. The SMILES string of the molecule is CC(C)Oc1ccc(N(C)S(=O)(=O)c2ccccc2)cc1. The van der Waals surface area contributed by atoms with Crippen LogP contribution < -0.4 is 9.04 Å². The Morgan fingerprint density at radius 2 is 1.52 bits per heavy atom. The lowest BCUT2D eigenvalue weighted by Gasteiger charge is -2.20. The molecular formula is C16H19NO3S. The summed E-state index contributed by atoms with van der Waals surface area (Å²) in [5.74, 6) is 0.722. The Kier molecular flexibility index (Phi) is 4.53. The quantitative estimate of drug-likeness (QED) is 0.851. The molecule has 0 N–H and O–H groups in total. The van der Waals surface area contributed by atoms with Gasteiger partial charge in [-0.25, -0.2) is 8.42 Å². The first kappa shape index (κ1) is 15.4. The summed E-state index contributed by atoms with van der Waals surface area (Å²) >= 11 is 0. The van der Waals surface area contributed by atoms with Crippen LogP contribution in [0, 0.1) is 0 Å². The van der Waals surface area contributed by atoms with Crippen LogP contribution in [0.25, 0.3) is 0 Å². The second kappa shape index (κ2) is 6.18. The first-order chi connectivity index (χ1) is 9.91. The first-order valence-corrected chi connectivity index (χ1v) is 8.16. The smallest absolute Gasteiger partial charge is 0.264 e. The van der Waals surface area contributed by atoms with Crippen molar-refractivity contribution in [2.24, 2.45) is 0 Å². The van der Waals surface area contributed by atoms with Gasteiger partial charge < -0.3 is 4.74 Å². The molecule has 0 aliphatic rings. The molecular weight excluding hydrogens is 286 g/mol. The van der Waals surface area contributed by atoms with Gasteiger partial charge in [0.05, 0.1) is 16.7 Å². The number of hydrogen-bond acceptors (Lipinski definition) is 3. The molecule has 0 saturated carbocycles. The normalized spacial score (nSPS) is 11.4. The fourth-order valence-electron chi connectivity index (χ4n) is 1.90. The Morgan fingerprint density at radius 1 is 0.952 bits per heavy atom. The van der Waals surface area contributed by atoms with Gasteiger partial charge in [-0.15, -0.1) is 0 Å². The maximum atomic E-state index is 12.5. The molecule has 0 bridgehead atoms. The van der Waals surface area contributed by atoms with Crippen molar-refractivity contribution in [3.63, 3.8) is 0 Å². The monoisotopic (exact) mass is 305 g/mol. The predicted molar refractivity (Wildman–Crippen MR) is 84.2 cm³/mol. The molecule has 0 aromatic heterocycles. The second-order valence-corrected chi connectivity index (χ2v) is 6.92. The van der Waals surface area contributed by atoms with Gasteiger partial charge in [-0.3, -0.25) is 4.31 Å². The summed E-state index contributed by atoms with van der Waals surface area (Å²) in [6.45, 7) is 3.89. The lowest BCUT2D eigenvalue weighted by molar-refractivity contribution is 0.242. The molecule has 0 radical (unpaired) electrons. The van der Waals surface area contributed by atoms with Crippen LogP contribution in [0.1, 0.15) is 13.8 Å². The molecule has 0 saturated heterocycles. The van der Waals surface area contributed by atoms with Crippen LogP contribution in [-0.4, -0.2) is 21.6 Å². The molecule has 21 heavy (non-hydrogen) atoms. The van der Waals surface area contributed by atoms with E-state index < -0.39 is 10.0 Å². The molecule has 112 valence electrons. The minimum atomic E-state index is -3.54. The van der Waals surface area contributed by atoms with E-state index in [0.29, 0.717) is 5.69 Å². The maximum Gasteiger partial charge on any atom is 0.264 e. The molecule has 0 atom stereocenters. The van der Waals surface area contributed by atoms with E-state index in [1.165, 1.54) is 4.31 Å². The van der Waals surface area contributed by atoms with E-state index in [1.54, 1.807) is 61.6 Å². The van der Waals surface area contributed by atoms with Crippen LogP contribution in [0.15, 0.2) is 59.5 Å². The van der Waals surface area contributed by atoms with E-state index in [4.69, 9.17) is 4.74 Å². The van der Waals surface area contributed by atoms with E-state index in [-0.39, 0.29) is 11.0 Å². The van der Waals surface area contributed by atoms with Gasteiger partial charge in [0.15, 0.2) is 0 Å². The largest absolute Gasteiger partial charge is 0.491 e. The van der Waals surface area contributed by atoms with Crippen molar-refractivity contribution >= 4 is 15.7 Å². The number of nitrogens with zero attached hydrogens (tertiary/aromatic N) is 1. The van der Waals surface area contributed by atoms with Gasteiger partial charge in [0.25, 0.3) is 10.0 Å². The number of hydrogen-bond donors (Lipinski definition) is 0. The molecule has 4 nitrogen and oxygen atoms in total. The van der Waals surface area contributed by atoms with Gasteiger partial charge in [-0.1, -0.05) is 18.2 Å². The highest BCUT2D eigenvalue weighted by Crippen LogP contribution is 2.24. The van der Waals surface area contributed by atoms with E-state index in [2.05, 4.69) is 0 Å². The molecule has 0 spiro atoms. The van der Waals surface area contributed by atoms with Crippen molar-refractivity contribution in [2.45, 2.75) is 24.8 Å². The third-order valence-electron chi connectivity index (χ3n) is 2.97. The van der Waals surface area contributed by atoms with E-state index in [0.717, 1.165) is 5.75 Å². The van der Waals surface area contributed by atoms with Crippen molar-refractivity contribution in [3.8, 4) is 5.75 Å². The van der Waals surface area contributed by atoms with Gasteiger partial charge in [-0.2, -0.15) is 0 Å². The topological polar surface area (TPSA) is 46.6 Å². The summed E-state index contributed by atoms with van der Waals surface area (Å²) < 4.78 is 31.8. The highest BCUT2D eigenvalue weighted by Gasteiger charge is 2.20. The number of sulfonamides is 1. The fourth-order valence-corrected chi connectivity index (χ4v) is 3.11. The average molecular weight is 305 g/mol. The molecule has 0 aliphatic heterocycles. The third-order valence-corrected chi connectivity index (χ3v) is 4.77. The number of benzene rings is 2. The van der Waals surface area contributed by atoms with Gasteiger partial charge in [0.1, 0.15) is 5.75 Å². The minimum Gasteiger partial charge on any atom is -0.491 e. The molecule has 2 aromatic carbocycles. The Labute approximate surface area is 126 Å². The summed E-state index contributed by atoms with van der Waals surface area (Å²) in [7, 11) is -1.99. The Bertz CT molecular complexity index is 679. The van der Waals surface area contributed by atoms with Crippen molar-refractivity contribution in [1.29, 1.82) is 0 Å². The highest BCUT2D eigenvalue weighted by molar-refractivity contribution is 7.92. The molecule has 5 heteroatoms. The van der Waals surface area contributed by atoms with E-state index in [9.17, 15) is 8.42 Å². The highest BCUT2D eigenvalue weighted by atomic mass is 32.2. The lowest BCUT2D eigenvalue weighted by atomic mass is 10.3. The maximum absolute atomic E-state index is 12.5. The van der Waals surface area contributed by atoms with Crippen LogP contribution in [-0.2, 0) is 10.0 Å². The zero-order valence-electron chi connectivity index (χ0n) is 12.4. The summed E-state index contributed by atoms with van der Waals surface area (Å²) in [6, 6.07) is 15.4. The minimum absolute atomic E-state index is 0.0848. The van der Waals surface area contributed by atoms with Crippen LogP contribution in [0.4, 0.5) is 5.69 Å². The van der Waals surface area contributed by atoms with Crippen molar-refractivity contribution < 1.29 is 13.2 Å². The van der Waals surface area contributed by atoms with Crippen molar-refractivity contribution in [3.05, 3.63) is 54.6 Å². The number of anilines is 1. The standard InChI is InChI=1S/C16H19NO3S/c1-13(2)20-15-11-9-14(10-12-15)17(3)21(18,19)16-7-5-4-6-8-16/h4-13H,1-3H3. The lowest BCUT2D eigenvalue weighted by Crippen LogP contribution is -2.26. The van der Waals surface area contributed by atoms with Crippen LogP contribution >= 0.6 is 0 Å². The summed E-state index contributed by atoms with van der Waals surface area (Å²) in [6.07, 6.45) is 0.0848. The number of rotatable bonds is 5. The molecule has 0 aliphatic carbocycles. The zero-order chi connectivity index (χ0) is 15.5. The van der Waals surface area contributed by atoms with Crippen molar-refractivity contribution in [2.75, 3.05) is 11.4 Å². The Balaban J connectivity index is 2.25. The van der Waals surface area contributed by atoms with Crippen molar-refractivity contribution in [1.82, 2.24) is 0 Å². The summed E-state index contributed by atoms with van der Waals surface area (Å²) in [4.78, 5) is 0.273. The van der Waals surface area contributed by atoms with Gasteiger partial charge >= 0.3 is 0 Å². The third kappa shape index (κ3) is 3.55. The second-order valence-electron chi connectivity index (χ2n) is 4.95. The molecule has 2 aromatic rings. The molecule has 0 heterocycles. The molecule has 0 amide bonds. The van der Waals surface area contributed by atoms with Crippen LogP contribution in [0.3, 0.4) is 0 Å². The predicted octanol–water partition coefficient (Wildman–Crippen LogP) is 3.30. The average Bonchev–Trinajstić information content (AvgIpc) is 2.47. The van der Waals surface area contributed by atoms with E-state index in [1.807, 2.05) is 13.8 Å². The molecule has 0 unspecified atom stereocenters. The van der Waals surface area contributed by atoms with Crippen LogP contribution in [0.5, 0.6) is 5.75 Å².